The third-order valence-corrected chi connectivity index (χ3v) is 4.46. The summed E-state index contributed by atoms with van der Waals surface area (Å²) >= 11 is 0. The Morgan fingerprint density at radius 1 is 1.43 bits per heavy atom. The molecule has 1 aromatic heterocycles. The van der Waals surface area contributed by atoms with Gasteiger partial charge in [0.1, 0.15) is 10.6 Å². The predicted octanol–water partition coefficient (Wildman–Crippen LogP) is -0.226. The third kappa shape index (κ3) is 4.30. The number of aliphatic carboxylic acids is 1. The first-order chi connectivity index (χ1) is 9.69. The molecule has 8 nitrogen and oxygen atoms in total. The van der Waals surface area contributed by atoms with Crippen LogP contribution in [0.5, 0.6) is 0 Å². The Hall–Kier alpha value is -1.87. The summed E-state index contributed by atoms with van der Waals surface area (Å²) in [5.41, 5.74) is 0.187. The molecule has 0 fully saturated rings. The highest BCUT2D eigenvalue weighted by molar-refractivity contribution is 7.89. The molecule has 1 unspecified atom stereocenters. The van der Waals surface area contributed by atoms with Crippen LogP contribution in [0.25, 0.3) is 0 Å². The Balaban J connectivity index is 2.74. The number of nitrogens with zero attached hydrogens (tertiary/aromatic N) is 1. The number of carboxylic acid groups (broad SMARTS) is 1. The van der Waals surface area contributed by atoms with Crippen LogP contribution in [0.1, 0.15) is 23.8 Å². The van der Waals surface area contributed by atoms with Crippen molar-refractivity contribution in [3.63, 3.8) is 0 Å². The van der Waals surface area contributed by atoms with E-state index in [1.54, 1.807) is 14.0 Å². The number of hydrogen-bond donors (Lipinski definition) is 3. The Morgan fingerprint density at radius 2 is 2.05 bits per heavy atom. The lowest BCUT2D eigenvalue weighted by Gasteiger charge is -2.08. The number of carboxylic acids is 1. The fourth-order valence-electron chi connectivity index (χ4n) is 1.64. The molecule has 1 amide bonds. The van der Waals surface area contributed by atoms with Crippen LogP contribution in [0.15, 0.2) is 17.2 Å². The number of carbonyl (C=O) groups excluding carboxylic acids is 1. The van der Waals surface area contributed by atoms with Crippen molar-refractivity contribution in [3.05, 3.63) is 18.0 Å². The molecule has 1 aromatic rings. The van der Waals surface area contributed by atoms with Crippen LogP contribution >= 0.6 is 0 Å². The predicted molar refractivity (Wildman–Crippen MR) is 75.4 cm³/mol. The number of amides is 1. The summed E-state index contributed by atoms with van der Waals surface area (Å²) in [7, 11) is -0.761. The number of aryl methyl sites for hydroxylation is 1. The van der Waals surface area contributed by atoms with Gasteiger partial charge in [0.25, 0.3) is 5.91 Å². The van der Waals surface area contributed by atoms with Crippen molar-refractivity contribution in [1.82, 2.24) is 14.6 Å². The van der Waals surface area contributed by atoms with E-state index in [-0.39, 0.29) is 17.1 Å². The summed E-state index contributed by atoms with van der Waals surface area (Å²) < 4.78 is 26.9. The van der Waals surface area contributed by atoms with E-state index >= 15 is 0 Å². The summed E-state index contributed by atoms with van der Waals surface area (Å²) in [6.07, 6.45) is 1.63. The van der Waals surface area contributed by atoms with Crippen LogP contribution in [0.2, 0.25) is 0 Å². The topological polar surface area (TPSA) is 118 Å². The van der Waals surface area contributed by atoms with Gasteiger partial charge < -0.3 is 15.0 Å². The zero-order valence-electron chi connectivity index (χ0n) is 12.1. The van der Waals surface area contributed by atoms with E-state index in [0.717, 1.165) is 0 Å². The monoisotopic (exact) mass is 317 g/mol. The molecule has 0 spiro atoms. The van der Waals surface area contributed by atoms with Crippen LogP contribution in [-0.4, -0.2) is 43.6 Å². The lowest BCUT2D eigenvalue weighted by molar-refractivity contribution is -0.141. The van der Waals surface area contributed by atoms with Gasteiger partial charge in [-0.1, -0.05) is 6.92 Å². The van der Waals surface area contributed by atoms with Crippen molar-refractivity contribution in [1.29, 1.82) is 0 Å². The molecule has 0 radical (unpaired) electrons. The van der Waals surface area contributed by atoms with Crippen molar-refractivity contribution in [2.24, 2.45) is 13.0 Å². The first-order valence-corrected chi connectivity index (χ1v) is 7.78. The minimum absolute atomic E-state index is 0.00319. The second-order valence-corrected chi connectivity index (χ2v) is 6.55. The van der Waals surface area contributed by atoms with Gasteiger partial charge in [0.15, 0.2) is 0 Å². The average Bonchev–Trinajstić information content (AvgIpc) is 2.81. The van der Waals surface area contributed by atoms with E-state index < -0.39 is 27.8 Å². The Labute approximate surface area is 123 Å². The van der Waals surface area contributed by atoms with Gasteiger partial charge in [-0.25, -0.2) is 13.1 Å². The molecule has 1 rings (SSSR count). The molecular weight excluding hydrogens is 298 g/mol. The second-order valence-electron chi connectivity index (χ2n) is 4.66. The molecule has 21 heavy (non-hydrogen) atoms. The van der Waals surface area contributed by atoms with Gasteiger partial charge in [-0.05, 0) is 19.5 Å². The van der Waals surface area contributed by atoms with Crippen LogP contribution < -0.4 is 10.0 Å². The van der Waals surface area contributed by atoms with Crippen LogP contribution in [0, 0.1) is 5.92 Å². The smallest absolute Gasteiger partial charge is 0.306 e. The van der Waals surface area contributed by atoms with Gasteiger partial charge in [-0.2, -0.15) is 0 Å². The highest BCUT2D eigenvalue weighted by Gasteiger charge is 2.19. The minimum Gasteiger partial charge on any atom is -0.481 e. The molecule has 3 N–H and O–H groups in total. The molecule has 0 aliphatic heterocycles. The van der Waals surface area contributed by atoms with E-state index in [2.05, 4.69) is 10.0 Å². The van der Waals surface area contributed by atoms with Gasteiger partial charge in [0, 0.05) is 19.8 Å². The molecule has 0 aromatic carbocycles. The average molecular weight is 317 g/mol. The fraction of sp³-hybridized carbons (Fsp3) is 0.500. The molecule has 0 saturated carbocycles. The van der Waals surface area contributed by atoms with E-state index in [1.165, 1.54) is 23.9 Å². The van der Waals surface area contributed by atoms with Crippen LogP contribution in [0.4, 0.5) is 0 Å². The van der Waals surface area contributed by atoms with Crippen molar-refractivity contribution in [2.75, 3.05) is 13.6 Å². The maximum Gasteiger partial charge on any atom is 0.306 e. The van der Waals surface area contributed by atoms with Gasteiger partial charge in [-0.15, -0.1) is 0 Å². The number of nitrogens with one attached hydrogen (secondary N) is 2. The maximum atomic E-state index is 12.0. The summed E-state index contributed by atoms with van der Waals surface area (Å²) in [4.78, 5) is 22.6. The highest BCUT2D eigenvalue weighted by Crippen LogP contribution is 2.13. The molecule has 9 heteroatoms. The Kier molecular flexibility index (Phi) is 5.50. The largest absolute Gasteiger partial charge is 0.481 e. The first kappa shape index (κ1) is 17.2. The van der Waals surface area contributed by atoms with Crippen molar-refractivity contribution >= 4 is 21.9 Å². The molecule has 1 atom stereocenters. The summed E-state index contributed by atoms with van der Waals surface area (Å²) in [6.45, 7) is 1.75. The molecule has 0 aliphatic rings. The number of hydrogen-bond acceptors (Lipinski definition) is 4. The van der Waals surface area contributed by atoms with Crippen LogP contribution in [-0.2, 0) is 21.9 Å². The zero-order valence-corrected chi connectivity index (χ0v) is 12.9. The molecular formula is C12H19N3O5S. The van der Waals surface area contributed by atoms with Crippen molar-refractivity contribution in [3.8, 4) is 0 Å². The molecule has 0 bridgehead atoms. The number of carbonyl (C=O) groups is 2. The highest BCUT2D eigenvalue weighted by atomic mass is 32.2. The fourth-order valence-corrected chi connectivity index (χ4v) is 2.44. The van der Waals surface area contributed by atoms with Crippen molar-refractivity contribution in [2.45, 2.75) is 18.2 Å². The minimum atomic E-state index is -3.61. The molecule has 1 heterocycles. The normalized spacial score (nSPS) is 12.9. The third-order valence-electron chi connectivity index (χ3n) is 3.08. The van der Waals surface area contributed by atoms with E-state index in [9.17, 15) is 18.0 Å². The first-order valence-electron chi connectivity index (χ1n) is 6.30. The van der Waals surface area contributed by atoms with E-state index in [4.69, 9.17) is 5.11 Å². The van der Waals surface area contributed by atoms with Crippen LogP contribution in [0.3, 0.4) is 0 Å². The maximum absolute atomic E-state index is 12.0. The Bertz CT molecular complexity index is 635. The van der Waals surface area contributed by atoms with Gasteiger partial charge in [-0.3, -0.25) is 9.59 Å². The summed E-state index contributed by atoms with van der Waals surface area (Å²) in [5.74, 6) is -1.93. The quantitative estimate of drug-likeness (QED) is 0.642. The van der Waals surface area contributed by atoms with E-state index in [0.29, 0.717) is 6.42 Å². The van der Waals surface area contributed by atoms with Gasteiger partial charge >= 0.3 is 5.97 Å². The zero-order chi connectivity index (χ0) is 16.2. The van der Waals surface area contributed by atoms with E-state index in [1.807, 2.05) is 0 Å². The second kappa shape index (κ2) is 6.72. The summed E-state index contributed by atoms with van der Waals surface area (Å²) in [6, 6.07) is 1.27. The van der Waals surface area contributed by atoms with Gasteiger partial charge in [0.2, 0.25) is 10.0 Å². The Morgan fingerprint density at radius 3 is 2.57 bits per heavy atom. The molecule has 0 aliphatic carbocycles. The summed E-state index contributed by atoms with van der Waals surface area (Å²) in [5, 5.41) is 11.3. The molecule has 118 valence electrons. The standard InChI is InChI=1S/C12H19N3O5S/c1-8(12(17)18)4-5-14-11(16)10-6-9(7-15(10)3)21(19,20)13-2/h6-8,13H,4-5H2,1-3H3,(H,14,16)(H,17,18). The lowest BCUT2D eigenvalue weighted by atomic mass is 10.1. The van der Waals surface area contributed by atoms with Gasteiger partial charge in [0.05, 0.1) is 5.92 Å². The number of aromatic nitrogens is 1. The number of sulfonamides is 1. The number of rotatable bonds is 7. The SMILES string of the molecule is CNS(=O)(=O)c1cc(C(=O)NCCC(C)C(=O)O)n(C)c1. The van der Waals surface area contributed by atoms with Crippen molar-refractivity contribution < 1.29 is 23.1 Å². The molecule has 0 saturated heterocycles. The lowest BCUT2D eigenvalue weighted by Crippen LogP contribution is -2.28.